The Labute approximate surface area is 165 Å². The van der Waals surface area contributed by atoms with Gasteiger partial charge in [0.1, 0.15) is 7.14 Å². The molecule has 0 saturated heterocycles. The molecular formula is C22H23N4OP. The van der Waals surface area contributed by atoms with Crippen LogP contribution in [-0.2, 0) is 9.98 Å². The molecule has 1 fully saturated rings. The van der Waals surface area contributed by atoms with E-state index in [1.54, 1.807) is 0 Å². The summed E-state index contributed by atoms with van der Waals surface area (Å²) in [4.78, 5) is 15.9. The SMILES string of the molecule is Cc1ccnc(-c2cnc(N3CC4(CC4)c4ccc(P(C)(C)=O)cc43)nc2)c1. The van der Waals surface area contributed by atoms with Gasteiger partial charge in [-0.05, 0) is 62.4 Å². The molecule has 3 heterocycles. The number of pyridine rings is 1. The summed E-state index contributed by atoms with van der Waals surface area (Å²) in [6.07, 6.45) is 7.88. The number of aryl methyl sites for hydroxylation is 1. The highest BCUT2D eigenvalue weighted by molar-refractivity contribution is 7.70. The lowest BCUT2D eigenvalue weighted by atomic mass is 9.99. The van der Waals surface area contributed by atoms with E-state index in [0.717, 1.165) is 34.4 Å². The van der Waals surface area contributed by atoms with Gasteiger partial charge in [-0.3, -0.25) is 4.98 Å². The Kier molecular flexibility index (Phi) is 3.76. The number of anilines is 2. The highest BCUT2D eigenvalue weighted by Gasteiger charge is 2.52. The molecule has 5 rings (SSSR count). The van der Waals surface area contributed by atoms with E-state index in [1.165, 1.54) is 18.4 Å². The molecule has 1 aliphatic carbocycles. The summed E-state index contributed by atoms with van der Waals surface area (Å²) in [6.45, 7) is 6.59. The lowest BCUT2D eigenvalue weighted by molar-refractivity contribution is 0.588. The third-order valence-corrected chi connectivity index (χ3v) is 7.39. The molecule has 0 amide bonds. The Bertz CT molecular complexity index is 1120. The topological polar surface area (TPSA) is 59.0 Å². The van der Waals surface area contributed by atoms with Crippen molar-refractivity contribution in [3.63, 3.8) is 0 Å². The normalized spacial score (nSPS) is 17.0. The quantitative estimate of drug-likeness (QED) is 0.625. The van der Waals surface area contributed by atoms with Gasteiger partial charge in [0, 0.05) is 47.1 Å². The van der Waals surface area contributed by atoms with Crippen molar-refractivity contribution in [1.82, 2.24) is 15.0 Å². The van der Waals surface area contributed by atoms with E-state index in [0.29, 0.717) is 5.95 Å². The summed E-state index contributed by atoms with van der Waals surface area (Å²) in [5.41, 5.74) is 5.63. The van der Waals surface area contributed by atoms with Crippen LogP contribution in [0.2, 0.25) is 0 Å². The molecule has 2 aliphatic rings. The van der Waals surface area contributed by atoms with Crippen LogP contribution in [0.5, 0.6) is 0 Å². The van der Waals surface area contributed by atoms with Gasteiger partial charge in [-0.25, -0.2) is 9.97 Å². The molecule has 0 N–H and O–H groups in total. The molecule has 0 bridgehead atoms. The Morgan fingerprint density at radius 2 is 1.79 bits per heavy atom. The van der Waals surface area contributed by atoms with E-state index in [-0.39, 0.29) is 5.41 Å². The lowest BCUT2D eigenvalue weighted by Gasteiger charge is -2.19. The number of hydrogen-bond acceptors (Lipinski definition) is 5. The monoisotopic (exact) mass is 390 g/mol. The maximum absolute atomic E-state index is 12.6. The van der Waals surface area contributed by atoms with Crippen molar-refractivity contribution in [1.29, 1.82) is 0 Å². The number of nitrogens with zero attached hydrogens (tertiary/aromatic N) is 4. The van der Waals surface area contributed by atoms with Crippen molar-refractivity contribution >= 4 is 24.1 Å². The molecule has 1 aromatic carbocycles. The summed E-state index contributed by atoms with van der Waals surface area (Å²) in [6, 6.07) is 10.3. The fourth-order valence-electron chi connectivity index (χ4n) is 4.04. The number of hydrogen-bond donors (Lipinski definition) is 0. The summed E-state index contributed by atoms with van der Waals surface area (Å²) >= 11 is 0. The van der Waals surface area contributed by atoms with E-state index in [2.05, 4.69) is 32.0 Å². The van der Waals surface area contributed by atoms with Gasteiger partial charge in [0.15, 0.2) is 0 Å². The van der Waals surface area contributed by atoms with Crippen LogP contribution >= 0.6 is 7.14 Å². The van der Waals surface area contributed by atoms with Crippen LogP contribution in [0.15, 0.2) is 48.9 Å². The molecular weight excluding hydrogens is 367 g/mol. The predicted octanol–water partition coefficient (Wildman–Crippen LogP) is 4.28. The second-order valence-corrected chi connectivity index (χ2v) is 11.6. The van der Waals surface area contributed by atoms with Crippen molar-refractivity contribution in [2.24, 2.45) is 0 Å². The van der Waals surface area contributed by atoms with Crippen molar-refractivity contribution in [3.8, 4) is 11.3 Å². The van der Waals surface area contributed by atoms with Gasteiger partial charge in [-0.1, -0.05) is 12.1 Å². The van der Waals surface area contributed by atoms with Crippen molar-refractivity contribution in [2.75, 3.05) is 24.8 Å². The average molecular weight is 390 g/mol. The standard InChI is InChI=1S/C22H23N4OP/c1-15-6-9-23-19(10-15)16-12-24-21(25-13-16)26-14-22(7-8-22)18-5-4-17(11-20(18)26)28(2,3)27/h4-6,9-13H,7-8,14H2,1-3H3. The molecule has 5 nitrogen and oxygen atoms in total. The maximum Gasteiger partial charge on any atom is 0.229 e. The van der Waals surface area contributed by atoms with Crippen LogP contribution in [0.1, 0.15) is 24.0 Å². The van der Waals surface area contributed by atoms with Crippen LogP contribution in [-0.4, -0.2) is 34.8 Å². The zero-order valence-corrected chi connectivity index (χ0v) is 17.3. The number of fused-ring (bicyclic) bond motifs is 2. The average Bonchev–Trinajstić information content (AvgIpc) is 3.38. The number of rotatable bonds is 3. The first kappa shape index (κ1) is 17.6. The molecule has 1 spiro atoms. The molecule has 3 aromatic rings. The highest BCUT2D eigenvalue weighted by atomic mass is 31.2. The summed E-state index contributed by atoms with van der Waals surface area (Å²) < 4.78 is 12.6. The molecule has 2 aromatic heterocycles. The fraction of sp³-hybridized carbons (Fsp3) is 0.318. The third kappa shape index (κ3) is 2.85. The summed E-state index contributed by atoms with van der Waals surface area (Å²) in [5, 5.41) is 0.912. The minimum Gasteiger partial charge on any atom is -0.319 e. The minimum atomic E-state index is -2.32. The van der Waals surface area contributed by atoms with Gasteiger partial charge >= 0.3 is 0 Å². The van der Waals surface area contributed by atoms with Crippen LogP contribution in [0, 0.1) is 6.92 Å². The lowest BCUT2D eigenvalue weighted by Crippen LogP contribution is -2.21. The first-order chi connectivity index (χ1) is 13.4. The van der Waals surface area contributed by atoms with E-state index < -0.39 is 7.14 Å². The molecule has 6 heteroatoms. The van der Waals surface area contributed by atoms with E-state index in [4.69, 9.17) is 0 Å². The van der Waals surface area contributed by atoms with Gasteiger partial charge in [-0.15, -0.1) is 0 Å². The second-order valence-electron chi connectivity index (χ2n) is 8.41. The second kappa shape index (κ2) is 5.99. The first-order valence-corrected chi connectivity index (χ1v) is 12.2. The Morgan fingerprint density at radius 3 is 2.43 bits per heavy atom. The van der Waals surface area contributed by atoms with Crippen molar-refractivity contribution in [3.05, 3.63) is 60.0 Å². The van der Waals surface area contributed by atoms with Crippen LogP contribution in [0.25, 0.3) is 11.3 Å². The number of benzene rings is 1. The van der Waals surface area contributed by atoms with Crippen LogP contribution in [0.3, 0.4) is 0 Å². The van der Waals surface area contributed by atoms with E-state index >= 15 is 0 Å². The number of aromatic nitrogens is 3. The molecule has 1 aliphatic heterocycles. The van der Waals surface area contributed by atoms with Gasteiger partial charge in [0.25, 0.3) is 0 Å². The Morgan fingerprint density at radius 1 is 1.04 bits per heavy atom. The van der Waals surface area contributed by atoms with Gasteiger partial charge in [0.05, 0.1) is 5.69 Å². The zero-order valence-electron chi connectivity index (χ0n) is 16.4. The molecule has 0 unspecified atom stereocenters. The minimum absolute atomic E-state index is 0.222. The molecule has 1 saturated carbocycles. The molecule has 28 heavy (non-hydrogen) atoms. The largest absolute Gasteiger partial charge is 0.319 e. The third-order valence-electron chi connectivity index (χ3n) is 5.87. The zero-order chi connectivity index (χ0) is 19.5. The Hall–Kier alpha value is -2.52. The van der Waals surface area contributed by atoms with Gasteiger partial charge in [-0.2, -0.15) is 0 Å². The van der Waals surface area contributed by atoms with Crippen LogP contribution < -0.4 is 10.2 Å². The first-order valence-electron chi connectivity index (χ1n) is 9.58. The molecule has 0 atom stereocenters. The van der Waals surface area contributed by atoms with Crippen molar-refractivity contribution < 1.29 is 4.57 Å². The highest BCUT2D eigenvalue weighted by Crippen LogP contribution is 2.58. The van der Waals surface area contributed by atoms with E-state index in [9.17, 15) is 4.57 Å². The summed E-state index contributed by atoms with van der Waals surface area (Å²) in [7, 11) is -2.32. The smallest absolute Gasteiger partial charge is 0.229 e. The van der Waals surface area contributed by atoms with Gasteiger partial charge < -0.3 is 9.46 Å². The summed E-state index contributed by atoms with van der Waals surface area (Å²) in [5.74, 6) is 0.695. The fourth-order valence-corrected chi connectivity index (χ4v) is 4.91. The maximum atomic E-state index is 12.6. The Balaban J connectivity index is 1.53. The van der Waals surface area contributed by atoms with Crippen LogP contribution in [0.4, 0.5) is 11.6 Å². The van der Waals surface area contributed by atoms with E-state index in [1.807, 2.05) is 57.0 Å². The van der Waals surface area contributed by atoms with Crippen molar-refractivity contribution in [2.45, 2.75) is 25.2 Å². The molecule has 142 valence electrons. The molecule has 0 radical (unpaired) electrons. The van der Waals surface area contributed by atoms with Gasteiger partial charge in [0.2, 0.25) is 5.95 Å². The predicted molar refractivity (Wildman–Crippen MR) is 113 cm³/mol.